The van der Waals surface area contributed by atoms with Crippen molar-refractivity contribution in [1.29, 1.82) is 0 Å². The lowest BCUT2D eigenvalue weighted by atomic mass is 10.0. The fourth-order valence-electron chi connectivity index (χ4n) is 2.94. The van der Waals surface area contributed by atoms with Crippen LogP contribution in [0.2, 0.25) is 0 Å². The van der Waals surface area contributed by atoms with Crippen LogP contribution in [0, 0.1) is 0 Å². The quantitative estimate of drug-likeness (QED) is 0.144. The van der Waals surface area contributed by atoms with E-state index < -0.39 is 7.82 Å². The zero-order chi connectivity index (χ0) is 20.4. The van der Waals surface area contributed by atoms with Gasteiger partial charge in [-0.2, -0.15) is 0 Å². The van der Waals surface area contributed by atoms with Gasteiger partial charge in [0.1, 0.15) is 13.2 Å². The standard InChI is InChI=1S/C21H46NO4P/c1-5-6-7-8-9-10-11-12-13-14-15-16-17-18-20-25-27(23,24)26-21-19-22(2,3)4/h5-21H2,1-4H3/p+1/i2+2,3+2,4+2. The molecular weight excluding hydrogens is 367 g/mol. The molecule has 1 N–H and O–H groups in total. The lowest BCUT2D eigenvalue weighted by Crippen LogP contribution is -2.37. The molecule has 0 heterocycles. The number of unbranched alkanes of at least 4 members (excludes halogenated alkanes) is 13. The number of hydrogen-bond donors (Lipinski definition) is 1. The summed E-state index contributed by atoms with van der Waals surface area (Å²) in [6, 6.07) is 0. The summed E-state index contributed by atoms with van der Waals surface area (Å²) in [5, 5.41) is 0. The lowest BCUT2D eigenvalue weighted by molar-refractivity contribution is -0.870. The fourth-order valence-corrected chi connectivity index (χ4v) is 3.69. The number of nitrogens with zero attached hydrogens (tertiary/aromatic N) is 1. The van der Waals surface area contributed by atoms with Crippen molar-refractivity contribution in [2.75, 3.05) is 40.9 Å². The summed E-state index contributed by atoms with van der Waals surface area (Å²) in [6.07, 6.45) is 18.1. The minimum atomic E-state index is -3.88. The van der Waals surface area contributed by atoms with Gasteiger partial charge < -0.3 is 9.38 Å². The molecule has 0 aliphatic carbocycles. The summed E-state index contributed by atoms with van der Waals surface area (Å²) in [7, 11) is 2.17. The van der Waals surface area contributed by atoms with E-state index in [1.165, 1.54) is 77.0 Å². The lowest BCUT2D eigenvalue weighted by Gasteiger charge is -2.24. The Morgan fingerprint density at radius 1 is 0.704 bits per heavy atom. The molecule has 27 heavy (non-hydrogen) atoms. The van der Waals surface area contributed by atoms with Gasteiger partial charge in [0.15, 0.2) is 0 Å². The minimum Gasteiger partial charge on any atom is -0.329 e. The molecule has 0 aromatic carbocycles. The van der Waals surface area contributed by atoms with Gasteiger partial charge in [-0.05, 0) is 6.42 Å². The van der Waals surface area contributed by atoms with Crippen LogP contribution in [0.5, 0.6) is 0 Å². The van der Waals surface area contributed by atoms with Crippen LogP contribution in [0.15, 0.2) is 0 Å². The molecule has 0 amide bonds. The monoisotopic (exact) mass is 414 g/mol. The predicted molar refractivity (Wildman–Crippen MR) is 115 cm³/mol. The van der Waals surface area contributed by atoms with Crippen LogP contribution >= 0.6 is 7.82 Å². The van der Waals surface area contributed by atoms with E-state index in [-0.39, 0.29) is 6.61 Å². The van der Waals surface area contributed by atoms with Crippen molar-refractivity contribution in [2.45, 2.75) is 96.8 Å². The third-order valence-electron chi connectivity index (χ3n) is 4.77. The van der Waals surface area contributed by atoms with E-state index in [0.29, 0.717) is 17.6 Å². The third-order valence-corrected chi connectivity index (χ3v) is 5.79. The summed E-state index contributed by atoms with van der Waals surface area (Å²) in [5.74, 6) is 0. The van der Waals surface area contributed by atoms with Gasteiger partial charge in [-0.1, -0.05) is 90.4 Å². The number of likely N-dealkylation sites (N-methyl/N-ethyl adjacent to an activating group) is 1. The van der Waals surface area contributed by atoms with Crippen molar-refractivity contribution < 1.29 is 23.0 Å². The van der Waals surface area contributed by atoms with Gasteiger partial charge in [-0.15, -0.1) is 0 Å². The van der Waals surface area contributed by atoms with E-state index in [0.717, 1.165) is 12.8 Å². The Morgan fingerprint density at radius 3 is 1.48 bits per heavy atom. The Hall–Kier alpha value is 0.0700. The molecule has 5 nitrogen and oxygen atoms in total. The molecule has 164 valence electrons. The zero-order valence-corrected chi connectivity index (χ0v) is 19.5. The second-order valence-corrected chi connectivity index (χ2v) is 10.2. The molecule has 0 bridgehead atoms. The number of hydrogen-bond acceptors (Lipinski definition) is 3. The van der Waals surface area contributed by atoms with Gasteiger partial charge in [0, 0.05) is 0 Å². The van der Waals surface area contributed by atoms with Gasteiger partial charge in [0.25, 0.3) is 0 Å². The largest absolute Gasteiger partial charge is 0.472 e. The van der Waals surface area contributed by atoms with Gasteiger partial charge in [-0.3, -0.25) is 9.05 Å². The first-order valence-corrected chi connectivity index (χ1v) is 12.7. The number of rotatable bonds is 20. The van der Waals surface area contributed by atoms with Crippen molar-refractivity contribution >= 4 is 7.82 Å². The maximum atomic E-state index is 11.7. The van der Waals surface area contributed by atoms with Crippen LogP contribution in [-0.4, -0.2) is 50.3 Å². The molecule has 0 rings (SSSR count). The first kappa shape index (κ1) is 27.1. The predicted octanol–water partition coefficient (Wildman–Crippen LogP) is 6.31. The van der Waals surface area contributed by atoms with Crippen LogP contribution < -0.4 is 0 Å². The first-order valence-electron chi connectivity index (χ1n) is 11.2. The van der Waals surface area contributed by atoms with E-state index in [2.05, 4.69) is 6.92 Å². The second kappa shape index (κ2) is 17.0. The average molecular weight is 415 g/mol. The van der Waals surface area contributed by atoms with E-state index in [9.17, 15) is 9.46 Å². The topological polar surface area (TPSA) is 55.8 Å². The molecule has 1 atom stereocenters. The highest BCUT2D eigenvalue weighted by Gasteiger charge is 2.21. The molecule has 1 unspecified atom stereocenters. The number of phosphoric ester groups is 1. The maximum absolute atomic E-state index is 11.7. The van der Waals surface area contributed by atoms with Gasteiger partial charge in [-0.25, -0.2) is 4.57 Å². The van der Waals surface area contributed by atoms with Crippen LogP contribution in [0.1, 0.15) is 96.8 Å². The van der Waals surface area contributed by atoms with Crippen LogP contribution in [-0.2, 0) is 13.6 Å². The van der Waals surface area contributed by atoms with Gasteiger partial charge in [0.05, 0.1) is 27.7 Å². The van der Waals surface area contributed by atoms with Crippen molar-refractivity contribution in [3.05, 3.63) is 0 Å². The maximum Gasteiger partial charge on any atom is 0.472 e. The zero-order valence-electron chi connectivity index (χ0n) is 18.6. The second-order valence-electron chi connectivity index (χ2n) is 8.75. The van der Waals surface area contributed by atoms with E-state index >= 15 is 0 Å². The summed E-state index contributed by atoms with van der Waals surface area (Å²) in [6.45, 7) is 3.47. The fraction of sp³-hybridized carbons (Fsp3) is 1.00. The number of phosphoric acid groups is 1. The highest BCUT2D eigenvalue weighted by Crippen LogP contribution is 2.43. The molecule has 0 saturated carbocycles. The normalized spacial score (nSPS) is 14.4. The van der Waals surface area contributed by atoms with Crippen molar-refractivity contribution in [1.82, 2.24) is 0 Å². The van der Waals surface area contributed by atoms with Crippen molar-refractivity contribution in [2.24, 2.45) is 0 Å². The van der Waals surface area contributed by atoms with E-state index in [1.54, 1.807) is 0 Å². The molecule has 0 spiro atoms. The molecular formula is C21H47NO4P+. The van der Waals surface area contributed by atoms with Crippen LogP contribution in [0.3, 0.4) is 0 Å². The molecule has 0 radical (unpaired) electrons. The van der Waals surface area contributed by atoms with Crippen LogP contribution in [0.4, 0.5) is 0 Å². The first-order chi connectivity index (χ1) is 12.8. The molecule has 0 aromatic heterocycles. The van der Waals surface area contributed by atoms with Crippen LogP contribution in [0.25, 0.3) is 0 Å². The van der Waals surface area contributed by atoms with E-state index in [4.69, 9.17) is 9.05 Å². The minimum absolute atomic E-state index is 0.232. The summed E-state index contributed by atoms with van der Waals surface area (Å²) >= 11 is 0. The SMILES string of the molecule is CCCCCCCCCCCCCCCCOP(=O)(O)OCC[N+]([14CH3])([14CH3])[14CH3]. The molecule has 0 saturated heterocycles. The highest BCUT2D eigenvalue weighted by molar-refractivity contribution is 7.47. The Balaban J connectivity index is 3.31. The molecule has 0 fully saturated rings. The Morgan fingerprint density at radius 2 is 1.07 bits per heavy atom. The highest BCUT2D eigenvalue weighted by atomic mass is 31.2. The van der Waals surface area contributed by atoms with Crippen molar-refractivity contribution in [3.63, 3.8) is 0 Å². The number of quaternary nitrogens is 1. The summed E-state index contributed by atoms with van der Waals surface area (Å²) in [4.78, 5) is 9.62. The van der Waals surface area contributed by atoms with E-state index in [1.807, 2.05) is 21.1 Å². The van der Waals surface area contributed by atoms with Gasteiger partial charge in [0.2, 0.25) is 0 Å². The Labute approximate surface area is 169 Å². The summed E-state index contributed by atoms with van der Waals surface area (Å²) < 4.78 is 22.5. The third kappa shape index (κ3) is 22.2. The average Bonchev–Trinajstić information content (AvgIpc) is 2.57. The van der Waals surface area contributed by atoms with Crippen molar-refractivity contribution in [3.8, 4) is 0 Å². The summed E-state index contributed by atoms with van der Waals surface area (Å²) in [5.41, 5.74) is 0. The molecule has 0 aliphatic heterocycles. The molecule has 6 heteroatoms. The molecule has 0 aliphatic rings. The Bertz CT molecular complexity index is 372. The smallest absolute Gasteiger partial charge is 0.329 e. The Kier molecular flexibility index (Phi) is 17.0. The molecule has 0 aromatic rings. The van der Waals surface area contributed by atoms with Gasteiger partial charge >= 0.3 is 7.82 Å².